The Kier molecular flexibility index (Phi) is 6.95. The molecule has 0 unspecified atom stereocenters. The molecular weight excluding hydrogens is 434 g/mol. The second-order valence-corrected chi connectivity index (χ2v) is 8.56. The van der Waals surface area contributed by atoms with Crippen molar-refractivity contribution in [1.29, 1.82) is 0 Å². The Morgan fingerprint density at radius 2 is 1.64 bits per heavy atom. The lowest BCUT2D eigenvalue weighted by atomic mass is 10.1. The van der Waals surface area contributed by atoms with Crippen LogP contribution in [-0.2, 0) is 4.79 Å². The van der Waals surface area contributed by atoms with E-state index in [0.717, 1.165) is 17.1 Å². The minimum Gasteiger partial charge on any atom is -0.326 e. The molecule has 4 rings (SSSR count). The summed E-state index contributed by atoms with van der Waals surface area (Å²) in [5, 5.41) is 12.4. The lowest BCUT2D eigenvalue weighted by Gasteiger charge is -2.11. The van der Waals surface area contributed by atoms with Gasteiger partial charge < -0.3 is 5.32 Å². The van der Waals surface area contributed by atoms with E-state index in [9.17, 15) is 9.59 Å². The second kappa shape index (κ2) is 10.2. The number of carbonyl (C=O) groups is 2. The zero-order valence-corrected chi connectivity index (χ0v) is 19.2. The largest absolute Gasteiger partial charge is 0.326 e. The van der Waals surface area contributed by atoms with Crippen molar-refractivity contribution >= 4 is 29.1 Å². The van der Waals surface area contributed by atoms with Crippen LogP contribution in [0.4, 0.5) is 5.69 Å². The maximum Gasteiger partial charge on any atom is 0.225 e. The Hall–Kier alpha value is -3.78. The number of amides is 1. The standard InChI is InChI=1S/C25H23N5O2S/c1-17-3-9-22(10-4-17)30-24(20-11-14-26-15-12-20)28-29-25(30)33-16-13-23(32)27-21-7-5-19(6-8-21)18(2)31/h3-12,14-15H,13,16H2,1-2H3,(H,27,32). The van der Waals surface area contributed by atoms with Crippen LogP contribution in [0.3, 0.4) is 0 Å². The Labute approximate surface area is 196 Å². The molecule has 0 spiro atoms. The molecule has 7 nitrogen and oxygen atoms in total. The molecule has 33 heavy (non-hydrogen) atoms. The van der Waals surface area contributed by atoms with E-state index >= 15 is 0 Å². The van der Waals surface area contributed by atoms with E-state index in [1.54, 1.807) is 36.7 Å². The van der Waals surface area contributed by atoms with Gasteiger partial charge in [0.15, 0.2) is 16.8 Å². The summed E-state index contributed by atoms with van der Waals surface area (Å²) in [6, 6.07) is 18.8. The van der Waals surface area contributed by atoms with Crippen LogP contribution < -0.4 is 5.32 Å². The van der Waals surface area contributed by atoms with Crippen molar-refractivity contribution in [2.45, 2.75) is 25.4 Å². The van der Waals surface area contributed by atoms with Gasteiger partial charge in [-0.05, 0) is 62.4 Å². The number of aryl methyl sites for hydroxylation is 1. The molecule has 1 N–H and O–H groups in total. The summed E-state index contributed by atoms with van der Waals surface area (Å²) in [4.78, 5) is 27.9. The monoisotopic (exact) mass is 457 g/mol. The number of Topliss-reactive ketones (excluding diaryl/α,β-unsaturated/α-hetero) is 1. The smallest absolute Gasteiger partial charge is 0.225 e. The summed E-state index contributed by atoms with van der Waals surface area (Å²) in [6.45, 7) is 3.56. The Morgan fingerprint density at radius 1 is 0.939 bits per heavy atom. The van der Waals surface area contributed by atoms with Crippen LogP contribution in [0.5, 0.6) is 0 Å². The zero-order chi connectivity index (χ0) is 23.2. The average molecular weight is 458 g/mol. The summed E-state index contributed by atoms with van der Waals surface area (Å²) >= 11 is 1.48. The number of hydrogen-bond acceptors (Lipinski definition) is 6. The van der Waals surface area contributed by atoms with Crippen LogP contribution in [0.15, 0.2) is 78.2 Å². The van der Waals surface area contributed by atoms with Gasteiger partial charge in [0.1, 0.15) is 0 Å². The van der Waals surface area contributed by atoms with Gasteiger partial charge in [-0.15, -0.1) is 10.2 Å². The fourth-order valence-corrected chi connectivity index (χ4v) is 4.11. The van der Waals surface area contributed by atoms with Gasteiger partial charge in [-0.3, -0.25) is 19.1 Å². The van der Waals surface area contributed by atoms with Crippen molar-refractivity contribution < 1.29 is 9.59 Å². The van der Waals surface area contributed by atoms with E-state index in [2.05, 4.69) is 20.5 Å². The molecule has 0 saturated heterocycles. The van der Waals surface area contributed by atoms with Gasteiger partial charge in [-0.1, -0.05) is 29.5 Å². The number of nitrogens with one attached hydrogen (secondary N) is 1. The van der Waals surface area contributed by atoms with Gasteiger partial charge in [0.25, 0.3) is 0 Å². The average Bonchev–Trinajstić information content (AvgIpc) is 3.24. The minimum absolute atomic E-state index is 0.00639. The number of anilines is 1. The van der Waals surface area contributed by atoms with E-state index in [0.29, 0.717) is 28.6 Å². The number of aromatic nitrogens is 4. The third-order valence-electron chi connectivity index (χ3n) is 5.00. The highest BCUT2D eigenvalue weighted by atomic mass is 32.2. The lowest BCUT2D eigenvalue weighted by molar-refractivity contribution is -0.115. The number of rotatable bonds is 8. The molecule has 2 heterocycles. The number of benzene rings is 2. The molecule has 2 aromatic heterocycles. The van der Waals surface area contributed by atoms with E-state index in [1.165, 1.54) is 24.2 Å². The van der Waals surface area contributed by atoms with E-state index < -0.39 is 0 Å². The first kappa shape index (κ1) is 22.4. The predicted molar refractivity (Wildman–Crippen MR) is 130 cm³/mol. The Morgan fingerprint density at radius 3 is 2.30 bits per heavy atom. The topological polar surface area (TPSA) is 89.8 Å². The molecule has 0 bridgehead atoms. The lowest BCUT2D eigenvalue weighted by Crippen LogP contribution is -2.12. The molecule has 2 aromatic carbocycles. The molecule has 1 amide bonds. The SMILES string of the molecule is CC(=O)c1ccc(NC(=O)CCSc2nnc(-c3ccncc3)n2-c2ccc(C)cc2)cc1. The van der Waals surface area contributed by atoms with Crippen molar-refractivity contribution in [2.75, 3.05) is 11.1 Å². The van der Waals surface area contributed by atoms with Gasteiger partial charge in [-0.25, -0.2) is 0 Å². The van der Waals surface area contributed by atoms with Crippen molar-refractivity contribution in [3.63, 3.8) is 0 Å². The quantitative estimate of drug-likeness (QED) is 0.297. The maximum atomic E-state index is 12.4. The Bertz CT molecular complexity index is 1250. The fraction of sp³-hybridized carbons (Fsp3) is 0.160. The minimum atomic E-state index is -0.103. The van der Waals surface area contributed by atoms with E-state index in [1.807, 2.05) is 47.9 Å². The Balaban J connectivity index is 1.46. The number of thioether (sulfide) groups is 1. The van der Waals surface area contributed by atoms with Crippen molar-refractivity contribution in [2.24, 2.45) is 0 Å². The van der Waals surface area contributed by atoms with Crippen LogP contribution in [0.1, 0.15) is 29.3 Å². The summed E-state index contributed by atoms with van der Waals surface area (Å²) in [5.41, 5.74) is 4.31. The van der Waals surface area contributed by atoms with Crippen molar-refractivity contribution in [3.8, 4) is 17.1 Å². The molecule has 0 aliphatic rings. The van der Waals surface area contributed by atoms with Crippen LogP contribution in [0, 0.1) is 6.92 Å². The molecule has 0 saturated carbocycles. The molecule has 0 radical (unpaired) electrons. The number of ketones is 1. The van der Waals surface area contributed by atoms with Gasteiger partial charge in [0.2, 0.25) is 5.91 Å². The summed E-state index contributed by atoms with van der Waals surface area (Å²) in [6.07, 6.45) is 3.76. The van der Waals surface area contributed by atoms with Crippen LogP contribution in [-0.4, -0.2) is 37.2 Å². The normalized spacial score (nSPS) is 10.7. The third-order valence-corrected chi connectivity index (χ3v) is 5.93. The zero-order valence-electron chi connectivity index (χ0n) is 18.4. The van der Waals surface area contributed by atoms with Gasteiger partial charge >= 0.3 is 0 Å². The molecule has 8 heteroatoms. The highest BCUT2D eigenvalue weighted by Crippen LogP contribution is 2.28. The molecular formula is C25H23N5O2S. The van der Waals surface area contributed by atoms with Crippen LogP contribution in [0.25, 0.3) is 17.1 Å². The molecule has 0 fully saturated rings. The van der Waals surface area contributed by atoms with Crippen LogP contribution in [0.2, 0.25) is 0 Å². The summed E-state index contributed by atoms with van der Waals surface area (Å²) < 4.78 is 2.00. The summed E-state index contributed by atoms with van der Waals surface area (Å²) in [5.74, 6) is 1.15. The molecule has 0 aliphatic carbocycles. The van der Waals surface area contributed by atoms with Gasteiger partial charge in [0, 0.05) is 47.1 Å². The number of carbonyl (C=O) groups excluding carboxylic acids is 2. The second-order valence-electron chi connectivity index (χ2n) is 7.49. The summed E-state index contributed by atoms with van der Waals surface area (Å²) in [7, 11) is 0. The van der Waals surface area contributed by atoms with E-state index in [-0.39, 0.29) is 11.7 Å². The molecule has 166 valence electrons. The van der Waals surface area contributed by atoms with E-state index in [4.69, 9.17) is 0 Å². The highest BCUT2D eigenvalue weighted by molar-refractivity contribution is 7.99. The molecule has 0 atom stereocenters. The van der Waals surface area contributed by atoms with Crippen molar-refractivity contribution in [3.05, 3.63) is 84.2 Å². The molecule has 0 aliphatic heterocycles. The van der Waals surface area contributed by atoms with Gasteiger partial charge in [-0.2, -0.15) is 0 Å². The first-order valence-electron chi connectivity index (χ1n) is 10.5. The number of pyridine rings is 1. The van der Waals surface area contributed by atoms with Gasteiger partial charge in [0.05, 0.1) is 0 Å². The molecule has 4 aromatic rings. The first-order valence-corrected chi connectivity index (χ1v) is 11.5. The van der Waals surface area contributed by atoms with Crippen molar-refractivity contribution in [1.82, 2.24) is 19.7 Å². The third kappa shape index (κ3) is 5.53. The number of hydrogen-bond donors (Lipinski definition) is 1. The van der Waals surface area contributed by atoms with Crippen LogP contribution >= 0.6 is 11.8 Å². The predicted octanol–water partition coefficient (Wildman–Crippen LogP) is 4.96. The first-order chi connectivity index (χ1) is 16.0. The highest BCUT2D eigenvalue weighted by Gasteiger charge is 2.16. The number of nitrogens with zero attached hydrogens (tertiary/aromatic N) is 4. The maximum absolute atomic E-state index is 12.4. The fourth-order valence-electron chi connectivity index (χ4n) is 3.22.